The molecular formula is C20H23FN6O. The molecule has 3 heterocycles. The van der Waals surface area contributed by atoms with Gasteiger partial charge in [0.2, 0.25) is 0 Å². The number of urea groups is 1. The van der Waals surface area contributed by atoms with E-state index in [-0.39, 0.29) is 17.9 Å². The molecule has 1 aliphatic rings. The lowest BCUT2D eigenvalue weighted by molar-refractivity contribution is 0.220. The van der Waals surface area contributed by atoms with Crippen molar-refractivity contribution in [2.75, 3.05) is 18.4 Å². The molecule has 0 saturated carbocycles. The number of anilines is 1. The summed E-state index contributed by atoms with van der Waals surface area (Å²) in [5.74, 6) is -0.274. The topological polar surface area (TPSA) is 68.0 Å². The summed E-state index contributed by atoms with van der Waals surface area (Å²) in [6, 6.07) is 8.51. The van der Waals surface area contributed by atoms with E-state index >= 15 is 0 Å². The molecule has 0 unspecified atom stereocenters. The summed E-state index contributed by atoms with van der Waals surface area (Å²) in [6.07, 6.45) is 4.23. The number of benzene rings is 1. The first-order chi connectivity index (χ1) is 13.5. The molecule has 2 aromatic heterocycles. The number of rotatable bonds is 4. The van der Waals surface area contributed by atoms with Crippen LogP contribution in [-0.2, 0) is 6.54 Å². The number of carbonyl (C=O) groups is 1. The quantitative estimate of drug-likeness (QED) is 0.752. The molecule has 146 valence electrons. The van der Waals surface area contributed by atoms with Crippen LogP contribution >= 0.6 is 0 Å². The fourth-order valence-electron chi connectivity index (χ4n) is 3.68. The van der Waals surface area contributed by atoms with Gasteiger partial charge in [-0.05, 0) is 44.0 Å². The van der Waals surface area contributed by atoms with Crippen LogP contribution in [0.25, 0.3) is 0 Å². The van der Waals surface area contributed by atoms with Gasteiger partial charge in [0.05, 0.1) is 30.2 Å². The second-order valence-electron chi connectivity index (χ2n) is 7.25. The zero-order valence-electron chi connectivity index (χ0n) is 16.0. The van der Waals surface area contributed by atoms with Crippen LogP contribution in [-0.4, -0.2) is 43.6 Å². The van der Waals surface area contributed by atoms with E-state index in [1.54, 1.807) is 28.0 Å². The van der Waals surface area contributed by atoms with E-state index in [0.29, 0.717) is 25.3 Å². The van der Waals surface area contributed by atoms with Gasteiger partial charge in [-0.2, -0.15) is 10.2 Å². The molecule has 1 aromatic carbocycles. The molecule has 4 rings (SSSR count). The Bertz CT molecular complexity index is 994. The molecule has 0 spiro atoms. The summed E-state index contributed by atoms with van der Waals surface area (Å²) < 4.78 is 17.0. The average molecular weight is 382 g/mol. The van der Waals surface area contributed by atoms with E-state index in [0.717, 1.165) is 23.4 Å². The standard InChI is InChI=1S/C20H23FN6O/c1-14-8-15(2)27(24-14)19-6-7-25(13-19)20(28)23-18-10-22-26(12-18)11-16-4-3-5-17(21)9-16/h3-5,8-10,12,19H,6-7,11,13H2,1-2H3,(H,23,28)/t19-/m0/s1. The maximum Gasteiger partial charge on any atom is 0.322 e. The monoisotopic (exact) mass is 382 g/mol. The molecule has 7 nitrogen and oxygen atoms in total. The Labute approximate surface area is 162 Å². The van der Waals surface area contributed by atoms with Gasteiger partial charge >= 0.3 is 6.03 Å². The van der Waals surface area contributed by atoms with Crippen LogP contribution in [0.3, 0.4) is 0 Å². The number of nitrogens with zero attached hydrogens (tertiary/aromatic N) is 5. The van der Waals surface area contributed by atoms with Crippen LogP contribution in [0.4, 0.5) is 14.9 Å². The summed E-state index contributed by atoms with van der Waals surface area (Å²) >= 11 is 0. The van der Waals surface area contributed by atoms with Gasteiger partial charge in [0.1, 0.15) is 5.82 Å². The van der Waals surface area contributed by atoms with Crippen molar-refractivity contribution in [1.29, 1.82) is 0 Å². The minimum absolute atomic E-state index is 0.144. The van der Waals surface area contributed by atoms with Crippen molar-refractivity contribution in [3.63, 3.8) is 0 Å². The third kappa shape index (κ3) is 3.90. The lowest BCUT2D eigenvalue weighted by Gasteiger charge is -2.17. The molecule has 8 heteroatoms. The van der Waals surface area contributed by atoms with Crippen molar-refractivity contribution in [2.45, 2.75) is 32.9 Å². The number of aromatic nitrogens is 4. The molecule has 1 saturated heterocycles. The first-order valence-electron chi connectivity index (χ1n) is 9.33. The van der Waals surface area contributed by atoms with Crippen molar-refractivity contribution in [2.24, 2.45) is 0 Å². The van der Waals surface area contributed by atoms with E-state index in [1.807, 2.05) is 24.6 Å². The Balaban J connectivity index is 1.35. The van der Waals surface area contributed by atoms with Crippen molar-refractivity contribution >= 4 is 11.7 Å². The summed E-state index contributed by atoms with van der Waals surface area (Å²) in [5, 5.41) is 11.7. The van der Waals surface area contributed by atoms with Crippen molar-refractivity contribution in [1.82, 2.24) is 24.5 Å². The number of aryl methyl sites for hydroxylation is 2. The number of halogens is 1. The Morgan fingerprint density at radius 2 is 2.18 bits per heavy atom. The fourth-order valence-corrected chi connectivity index (χ4v) is 3.68. The summed E-state index contributed by atoms with van der Waals surface area (Å²) in [6.45, 7) is 5.77. The van der Waals surface area contributed by atoms with Gasteiger partial charge in [0.25, 0.3) is 0 Å². The molecule has 2 amide bonds. The molecule has 28 heavy (non-hydrogen) atoms. The van der Waals surface area contributed by atoms with Gasteiger partial charge in [-0.1, -0.05) is 12.1 Å². The van der Waals surface area contributed by atoms with Crippen LogP contribution in [0.15, 0.2) is 42.7 Å². The lowest BCUT2D eigenvalue weighted by atomic mass is 10.2. The van der Waals surface area contributed by atoms with Gasteiger partial charge in [0, 0.05) is 25.0 Å². The predicted molar refractivity (Wildman–Crippen MR) is 104 cm³/mol. The highest BCUT2D eigenvalue weighted by Gasteiger charge is 2.29. The highest BCUT2D eigenvalue weighted by atomic mass is 19.1. The van der Waals surface area contributed by atoms with E-state index < -0.39 is 0 Å². The van der Waals surface area contributed by atoms with Gasteiger partial charge in [0.15, 0.2) is 0 Å². The molecule has 3 aromatic rings. The summed E-state index contributed by atoms with van der Waals surface area (Å²) in [5.41, 5.74) is 3.54. The zero-order valence-corrected chi connectivity index (χ0v) is 16.0. The molecule has 0 bridgehead atoms. The van der Waals surface area contributed by atoms with Crippen molar-refractivity contribution in [3.8, 4) is 0 Å². The molecule has 1 atom stereocenters. The van der Waals surface area contributed by atoms with Gasteiger partial charge < -0.3 is 10.2 Å². The van der Waals surface area contributed by atoms with Crippen LogP contribution < -0.4 is 5.32 Å². The largest absolute Gasteiger partial charge is 0.322 e. The van der Waals surface area contributed by atoms with Gasteiger partial charge in [-0.3, -0.25) is 9.36 Å². The fraction of sp³-hybridized carbons (Fsp3) is 0.350. The Morgan fingerprint density at radius 1 is 1.32 bits per heavy atom. The second kappa shape index (κ2) is 7.46. The SMILES string of the molecule is Cc1cc(C)n([C@H]2CCN(C(=O)Nc3cnn(Cc4cccc(F)c4)c3)C2)n1. The van der Waals surface area contributed by atoms with Gasteiger partial charge in [-0.25, -0.2) is 9.18 Å². The number of amides is 2. The van der Waals surface area contributed by atoms with Crippen molar-refractivity contribution < 1.29 is 9.18 Å². The van der Waals surface area contributed by atoms with Crippen molar-refractivity contribution in [3.05, 3.63) is 65.5 Å². The molecule has 0 radical (unpaired) electrons. The average Bonchev–Trinajstić information content (AvgIpc) is 3.35. The van der Waals surface area contributed by atoms with Crippen LogP contribution in [0.5, 0.6) is 0 Å². The van der Waals surface area contributed by atoms with E-state index in [9.17, 15) is 9.18 Å². The van der Waals surface area contributed by atoms with E-state index in [2.05, 4.69) is 21.6 Å². The van der Waals surface area contributed by atoms with E-state index in [4.69, 9.17) is 0 Å². The molecule has 0 aliphatic carbocycles. The third-order valence-corrected chi connectivity index (χ3v) is 4.96. The predicted octanol–water partition coefficient (Wildman–Crippen LogP) is 3.36. The molecular weight excluding hydrogens is 359 g/mol. The van der Waals surface area contributed by atoms with E-state index in [1.165, 1.54) is 12.1 Å². The summed E-state index contributed by atoms with van der Waals surface area (Å²) in [4.78, 5) is 14.4. The first kappa shape index (κ1) is 18.2. The Hall–Kier alpha value is -3.16. The number of carbonyl (C=O) groups excluding carboxylic acids is 1. The number of hydrogen-bond donors (Lipinski definition) is 1. The van der Waals surface area contributed by atoms with Gasteiger partial charge in [-0.15, -0.1) is 0 Å². The zero-order chi connectivity index (χ0) is 19.7. The normalized spacial score (nSPS) is 16.5. The number of hydrogen-bond acceptors (Lipinski definition) is 3. The minimum Gasteiger partial charge on any atom is -0.322 e. The smallest absolute Gasteiger partial charge is 0.322 e. The molecule has 1 fully saturated rings. The van der Waals surface area contributed by atoms with Crippen LogP contribution in [0, 0.1) is 19.7 Å². The van der Waals surface area contributed by atoms with Crippen LogP contribution in [0.1, 0.15) is 29.4 Å². The maximum absolute atomic E-state index is 13.3. The first-order valence-corrected chi connectivity index (χ1v) is 9.33. The molecule has 1 aliphatic heterocycles. The molecule has 1 N–H and O–H groups in total. The Morgan fingerprint density at radius 3 is 2.93 bits per heavy atom. The number of likely N-dealkylation sites (tertiary alicyclic amines) is 1. The second-order valence-corrected chi connectivity index (χ2v) is 7.25. The highest BCUT2D eigenvalue weighted by molar-refractivity contribution is 5.89. The maximum atomic E-state index is 13.3. The lowest BCUT2D eigenvalue weighted by Crippen LogP contribution is -2.33. The van der Waals surface area contributed by atoms with Crippen LogP contribution in [0.2, 0.25) is 0 Å². The third-order valence-electron chi connectivity index (χ3n) is 4.96. The summed E-state index contributed by atoms with van der Waals surface area (Å²) in [7, 11) is 0. The number of nitrogens with one attached hydrogen (secondary N) is 1. The minimum atomic E-state index is -0.274. The Kier molecular flexibility index (Phi) is 4.85. The highest BCUT2D eigenvalue weighted by Crippen LogP contribution is 2.23.